The van der Waals surface area contributed by atoms with Crippen molar-refractivity contribution in [3.05, 3.63) is 125 Å². The van der Waals surface area contributed by atoms with Crippen molar-refractivity contribution in [1.82, 2.24) is 5.32 Å². The summed E-state index contributed by atoms with van der Waals surface area (Å²) in [6.45, 7) is 17.7. The van der Waals surface area contributed by atoms with Crippen molar-refractivity contribution in [3.8, 4) is 0 Å². The predicted molar refractivity (Wildman–Crippen MR) is 225 cm³/mol. The van der Waals surface area contributed by atoms with Crippen molar-refractivity contribution >= 4 is 54.3 Å². The molecule has 4 N–H and O–H groups in total. The lowest BCUT2D eigenvalue weighted by Crippen LogP contribution is -2.41. The van der Waals surface area contributed by atoms with Crippen molar-refractivity contribution < 1.29 is 42.9 Å². The van der Waals surface area contributed by atoms with Crippen LogP contribution < -0.4 is 22.0 Å². The summed E-state index contributed by atoms with van der Waals surface area (Å²) in [6.07, 6.45) is 0.761. The van der Waals surface area contributed by atoms with E-state index in [0.29, 0.717) is 28.8 Å². The number of anilines is 1. The quantitative estimate of drug-likeness (QED) is 0.0997. The van der Waals surface area contributed by atoms with Crippen molar-refractivity contribution in [1.29, 1.82) is 0 Å². The number of carbonyl (C=O) groups is 4. The number of rotatable bonds is 9. The fraction of sp³-hybridized carbons (Fsp3) is 0.364. The highest BCUT2D eigenvalue weighted by atomic mass is 16.7. The highest BCUT2D eigenvalue weighted by molar-refractivity contribution is 6.62. The molecule has 0 spiro atoms. The molecule has 2 saturated heterocycles. The van der Waals surface area contributed by atoms with Crippen LogP contribution in [0, 0.1) is 0 Å². The van der Waals surface area contributed by atoms with Gasteiger partial charge in [0.15, 0.2) is 11.6 Å². The number of carboxylic acid groups (broad SMARTS) is 1. The molecular weight excluding hydrogens is 722 g/mol. The second-order valence-electron chi connectivity index (χ2n) is 16.0. The number of aromatic carboxylic acids is 1. The van der Waals surface area contributed by atoms with E-state index >= 15 is 0 Å². The van der Waals surface area contributed by atoms with E-state index in [9.17, 15) is 19.2 Å². The standard InChI is InChI=1S/C23H27BO4.C13H17BO4.C8H10N2O/c1-6-20(25)17-12-10-16(11-13-17)14-21(26)18-8-7-9-19(15-18)24-27-22(2,3)23(4,5)28-24;1-12(2)13(3,4)18-14(17-12)10-7-5-6-9(8-10)11(15)16;1-10-8(11)6-2-4-7(9)5-3-6/h7-13,15H,6,14H2,1-5H3;5-8H,1-4H3,(H,15,16);2-5H,9H2,1H3,(H,10,11). The summed E-state index contributed by atoms with van der Waals surface area (Å²) in [6, 6.07) is 28.1. The van der Waals surface area contributed by atoms with E-state index in [1.54, 1.807) is 61.6 Å². The Morgan fingerprint density at radius 3 is 1.44 bits per heavy atom. The van der Waals surface area contributed by atoms with E-state index in [-0.39, 0.29) is 29.5 Å². The Bertz CT molecular complexity index is 2030. The third-order valence-corrected chi connectivity index (χ3v) is 10.8. The molecule has 0 radical (unpaired) electrons. The van der Waals surface area contributed by atoms with Crippen LogP contribution in [-0.4, -0.2) is 72.2 Å². The Labute approximate surface area is 336 Å². The molecule has 13 heteroatoms. The number of ketones is 2. The number of amides is 1. The van der Waals surface area contributed by atoms with Crippen LogP contribution in [0.1, 0.15) is 116 Å². The molecule has 2 heterocycles. The van der Waals surface area contributed by atoms with Gasteiger partial charge in [0, 0.05) is 42.3 Å². The van der Waals surface area contributed by atoms with Gasteiger partial charge >= 0.3 is 20.2 Å². The zero-order chi connectivity index (χ0) is 42.3. The number of nitrogen functional groups attached to an aromatic ring is 1. The van der Waals surface area contributed by atoms with Crippen molar-refractivity contribution in [2.75, 3.05) is 12.8 Å². The summed E-state index contributed by atoms with van der Waals surface area (Å²) in [7, 11) is 0.588. The molecular formula is C44H54B2N2O9. The number of hydrogen-bond acceptors (Lipinski definition) is 9. The van der Waals surface area contributed by atoms with Crippen LogP contribution in [0.15, 0.2) is 97.1 Å². The van der Waals surface area contributed by atoms with Gasteiger partial charge in [0.1, 0.15) is 0 Å². The lowest BCUT2D eigenvalue weighted by Gasteiger charge is -2.32. The second kappa shape index (κ2) is 18.0. The van der Waals surface area contributed by atoms with E-state index in [1.807, 2.05) is 105 Å². The Morgan fingerprint density at radius 2 is 1.02 bits per heavy atom. The maximum atomic E-state index is 12.8. The van der Waals surface area contributed by atoms with E-state index in [0.717, 1.165) is 16.5 Å². The summed E-state index contributed by atoms with van der Waals surface area (Å²) in [5, 5.41) is 11.5. The van der Waals surface area contributed by atoms with Crippen LogP contribution in [0.5, 0.6) is 0 Å². The van der Waals surface area contributed by atoms with Gasteiger partial charge < -0.3 is 34.8 Å². The number of hydrogen-bond donors (Lipinski definition) is 3. The SMILES string of the molecule is CC1(C)OB(c2cccc(C(=O)O)c2)OC1(C)C.CCC(=O)c1ccc(CC(=O)c2cccc(B3OC(C)(C)C(C)(C)O3)c2)cc1.CNC(=O)c1ccc(N)cc1. The number of benzene rings is 4. The second-order valence-corrected chi connectivity index (χ2v) is 16.0. The number of nitrogens with one attached hydrogen (secondary N) is 1. The third kappa shape index (κ3) is 11.1. The van der Waals surface area contributed by atoms with Crippen LogP contribution >= 0.6 is 0 Å². The number of Topliss-reactive ketones (excluding diaryl/α,β-unsaturated/α-hetero) is 2. The molecule has 4 aromatic rings. The third-order valence-electron chi connectivity index (χ3n) is 10.8. The normalized spacial score (nSPS) is 17.0. The molecule has 0 saturated carbocycles. The number of carbonyl (C=O) groups excluding carboxylic acids is 3. The zero-order valence-electron chi connectivity index (χ0n) is 34.6. The molecule has 1 amide bonds. The highest BCUT2D eigenvalue weighted by Crippen LogP contribution is 2.37. The first-order valence-corrected chi connectivity index (χ1v) is 19.0. The molecule has 6 rings (SSSR count). The molecule has 2 aliphatic rings. The van der Waals surface area contributed by atoms with Crippen molar-refractivity contribution in [3.63, 3.8) is 0 Å². The fourth-order valence-corrected chi connectivity index (χ4v) is 5.71. The van der Waals surface area contributed by atoms with Crippen LogP contribution in [-0.2, 0) is 25.0 Å². The first kappa shape index (κ1) is 44.6. The first-order valence-electron chi connectivity index (χ1n) is 19.0. The van der Waals surface area contributed by atoms with Gasteiger partial charge in [-0.3, -0.25) is 14.4 Å². The van der Waals surface area contributed by atoms with Crippen molar-refractivity contribution in [2.45, 2.75) is 97.6 Å². The molecule has 2 fully saturated rings. The van der Waals surface area contributed by atoms with Crippen LogP contribution in [0.3, 0.4) is 0 Å². The summed E-state index contributed by atoms with van der Waals surface area (Å²) in [4.78, 5) is 46.4. The van der Waals surface area contributed by atoms with E-state index in [2.05, 4.69) is 5.32 Å². The van der Waals surface area contributed by atoms with Gasteiger partial charge in [-0.2, -0.15) is 0 Å². The summed E-state index contributed by atoms with van der Waals surface area (Å²) in [5.41, 5.74) is 9.05. The molecule has 0 bridgehead atoms. The summed E-state index contributed by atoms with van der Waals surface area (Å²) >= 11 is 0. The maximum Gasteiger partial charge on any atom is 0.494 e. The molecule has 300 valence electrons. The fourth-order valence-electron chi connectivity index (χ4n) is 5.71. The van der Waals surface area contributed by atoms with Crippen LogP contribution in [0.25, 0.3) is 0 Å². The molecule has 4 aromatic carbocycles. The molecule has 2 aliphatic heterocycles. The van der Waals surface area contributed by atoms with E-state index < -0.39 is 42.6 Å². The van der Waals surface area contributed by atoms with Gasteiger partial charge in [-0.15, -0.1) is 0 Å². The molecule has 11 nitrogen and oxygen atoms in total. The summed E-state index contributed by atoms with van der Waals surface area (Å²) < 4.78 is 23.9. The molecule has 0 atom stereocenters. The first-order chi connectivity index (χ1) is 26.6. The van der Waals surface area contributed by atoms with Gasteiger partial charge in [0.05, 0.1) is 28.0 Å². The van der Waals surface area contributed by atoms with E-state index in [4.69, 9.17) is 29.5 Å². The molecule has 0 aliphatic carbocycles. The van der Waals surface area contributed by atoms with Gasteiger partial charge in [-0.05, 0) is 108 Å². The Kier molecular flexibility index (Phi) is 14.1. The maximum absolute atomic E-state index is 12.8. The van der Waals surface area contributed by atoms with Crippen LogP contribution in [0.4, 0.5) is 5.69 Å². The van der Waals surface area contributed by atoms with Gasteiger partial charge in [0.25, 0.3) is 5.91 Å². The lowest BCUT2D eigenvalue weighted by molar-refractivity contribution is 0.00578. The molecule has 57 heavy (non-hydrogen) atoms. The minimum absolute atomic E-state index is 0.0212. The smallest absolute Gasteiger partial charge is 0.478 e. The Balaban J connectivity index is 0.000000211. The minimum Gasteiger partial charge on any atom is -0.478 e. The molecule has 0 aromatic heterocycles. The average Bonchev–Trinajstić information content (AvgIpc) is 3.54. The number of carboxylic acids is 1. The largest absolute Gasteiger partial charge is 0.494 e. The van der Waals surface area contributed by atoms with Gasteiger partial charge in [0.2, 0.25) is 0 Å². The zero-order valence-corrected chi connectivity index (χ0v) is 34.6. The monoisotopic (exact) mass is 776 g/mol. The highest BCUT2D eigenvalue weighted by Gasteiger charge is 2.52. The van der Waals surface area contributed by atoms with Crippen LogP contribution in [0.2, 0.25) is 0 Å². The number of nitrogens with two attached hydrogens (primary N) is 1. The lowest BCUT2D eigenvalue weighted by atomic mass is 9.78. The minimum atomic E-state index is -0.951. The van der Waals surface area contributed by atoms with Crippen molar-refractivity contribution in [2.24, 2.45) is 0 Å². The van der Waals surface area contributed by atoms with Gasteiger partial charge in [-0.25, -0.2) is 4.79 Å². The Hall–Kier alpha value is -5.07. The van der Waals surface area contributed by atoms with E-state index in [1.165, 1.54) is 0 Å². The molecule has 0 unspecified atom stereocenters. The predicted octanol–water partition coefficient (Wildman–Crippen LogP) is 6.32. The Morgan fingerprint density at radius 1 is 0.596 bits per heavy atom. The average molecular weight is 777 g/mol. The van der Waals surface area contributed by atoms with Gasteiger partial charge in [-0.1, -0.05) is 67.6 Å². The topological polar surface area (TPSA) is 163 Å². The summed E-state index contributed by atoms with van der Waals surface area (Å²) in [5.74, 6) is -0.917.